The van der Waals surface area contributed by atoms with Crippen molar-refractivity contribution in [1.29, 1.82) is 0 Å². The van der Waals surface area contributed by atoms with E-state index < -0.39 is 11.7 Å². The van der Waals surface area contributed by atoms with E-state index in [0.29, 0.717) is 5.69 Å². The first kappa shape index (κ1) is 20.7. The Labute approximate surface area is 166 Å². The monoisotopic (exact) mass is 405 g/mol. The highest BCUT2D eigenvalue weighted by atomic mass is 19.4. The minimum Gasteiger partial charge on any atom is -0.376 e. The molecule has 5 nitrogen and oxygen atoms in total. The number of nitrogens with one attached hydrogen (secondary N) is 3. The van der Waals surface area contributed by atoms with E-state index in [9.17, 15) is 22.8 Å². The fraction of sp³-hybridized carbons (Fsp3) is 0.333. The van der Waals surface area contributed by atoms with Crippen LogP contribution in [-0.4, -0.2) is 18.4 Å². The summed E-state index contributed by atoms with van der Waals surface area (Å²) in [6.45, 7) is 0.0929. The fourth-order valence-electron chi connectivity index (χ4n) is 2.92. The maximum atomic E-state index is 12.7. The van der Waals surface area contributed by atoms with Crippen molar-refractivity contribution in [1.82, 2.24) is 5.32 Å². The summed E-state index contributed by atoms with van der Waals surface area (Å²) in [5, 5.41) is 8.27. The molecule has 0 radical (unpaired) electrons. The molecule has 1 aliphatic carbocycles. The number of carbonyl (C=O) groups is 2. The standard InChI is InChI=1S/C21H22F3N3O2/c22-21(23,24)16-7-3-8-17(11-16)25-13-19(28)26-12-14-4-1-9-18(10-14)27-20(29)15-5-2-6-15/h1,3-4,7-11,15,25H,2,5-6,12-13H2,(H,26,28)(H,27,29). The van der Waals surface area contributed by atoms with Crippen molar-refractivity contribution >= 4 is 23.2 Å². The molecule has 29 heavy (non-hydrogen) atoms. The normalized spacial score (nSPS) is 14.0. The van der Waals surface area contributed by atoms with Gasteiger partial charge in [0.1, 0.15) is 0 Å². The van der Waals surface area contributed by atoms with Gasteiger partial charge in [0.25, 0.3) is 0 Å². The largest absolute Gasteiger partial charge is 0.416 e. The summed E-state index contributed by atoms with van der Waals surface area (Å²) in [6, 6.07) is 11.9. The highest BCUT2D eigenvalue weighted by Gasteiger charge is 2.30. The predicted octanol–water partition coefficient (Wildman–Crippen LogP) is 4.17. The zero-order valence-electron chi connectivity index (χ0n) is 15.7. The van der Waals surface area contributed by atoms with Gasteiger partial charge >= 0.3 is 6.18 Å². The topological polar surface area (TPSA) is 70.2 Å². The van der Waals surface area contributed by atoms with Gasteiger partial charge in [-0.15, -0.1) is 0 Å². The summed E-state index contributed by atoms with van der Waals surface area (Å²) in [7, 11) is 0. The lowest BCUT2D eigenvalue weighted by atomic mass is 9.85. The Morgan fingerprint density at radius 3 is 2.41 bits per heavy atom. The maximum Gasteiger partial charge on any atom is 0.416 e. The van der Waals surface area contributed by atoms with Crippen molar-refractivity contribution < 1.29 is 22.8 Å². The lowest BCUT2D eigenvalue weighted by Crippen LogP contribution is -2.29. The molecule has 1 fully saturated rings. The summed E-state index contributed by atoms with van der Waals surface area (Å²) < 4.78 is 38.2. The van der Waals surface area contributed by atoms with Crippen LogP contribution in [0.15, 0.2) is 48.5 Å². The van der Waals surface area contributed by atoms with Crippen LogP contribution in [0.2, 0.25) is 0 Å². The zero-order chi connectivity index (χ0) is 20.9. The van der Waals surface area contributed by atoms with E-state index in [0.717, 1.165) is 37.0 Å². The molecule has 0 unspecified atom stereocenters. The number of hydrogen-bond donors (Lipinski definition) is 3. The van der Waals surface area contributed by atoms with Crippen molar-refractivity contribution in [3.63, 3.8) is 0 Å². The quantitative estimate of drug-likeness (QED) is 0.648. The molecule has 0 aliphatic heterocycles. The predicted molar refractivity (Wildman–Crippen MR) is 104 cm³/mol. The summed E-state index contributed by atoms with van der Waals surface area (Å²) in [5.41, 5.74) is 0.930. The zero-order valence-corrected chi connectivity index (χ0v) is 15.7. The molecular weight excluding hydrogens is 383 g/mol. The van der Waals surface area contributed by atoms with Crippen LogP contribution >= 0.6 is 0 Å². The van der Waals surface area contributed by atoms with Gasteiger partial charge in [0.05, 0.1) is 12.1 Å². The van der Waals surface area contributed by atoms with Crippen molar-refractivity contribution in [3.05, 3.63) is 59.7 Å². The van der Waals surface area contributed by atoms with Gasteiger partial charge in [-0.2, -0.15) is 13.2 Å². The number of anilines is 2. The molecule has 0 atom stereocenters. The first-order chi connectivity index (χ1) is 13.8. The van der Waals surface area contributed by atoms with Crippen molar-refractivity contribution in [2.24, 2.45) is 5.92 Å². The van der Waals surface area contributed by atoms with Crippen molar-refractivity contribution in [2.75, 3.05) is 17.2 Å². The van der Waals surface area contributed by atoms with Crippen LogP contribution in [0.25, 0.3) is 0 Å². The SMILES string of the molecule is O=C(CNc1cccc(C(F)(F)F)c1)NCc1cccc(NC(=O)C2CCC2)c1. The number of amides is 2. The van der Waals surface area contributed by atoms with Crippen molar-refractivity contribution in [2.45, 2.75) is 32.0 Å². The van der Waals surface area contributed by atoms with Crippen LogP contribution < -0.4 is 16.0 Å². The molecule has 2 amide bonds. The molecule has 1 aliphatic rings. The second-order valence-corrected chi connectivity index (χ2v) is 7.03. The minimum atomic E-state index is -4.43. The van der Waals surface area contributed by atoms with Crippen LogP contribution in [0.1, 0.15) is 30.4 Å². The molecule has 0 bridgehead atoms. The van der Waals surface area contributed by atoms with E-state index >= 15 is 0 Å². The van der Waals surface area contributed by atoms with Gasteiger partial charge in [0, 0.05) is 23.8 Å². The number of carbonyl (C=O) groups excluding carboxylic acids is 2. The molecule has 3 rings (SSSR count). The Bertz CT molecular complexity index is 879. The molecule has 154 valence electrons. The lowest BCUT2D eigenvalue weighted by Gasteiger charge is -2.24. The smallest absolute Gasteiger partial charge is 0.376 e. The fourth-order valence-corrected chi connectivity index (χ4v) is 2.92. The average molecular weight is 405 g/mol. The Morgan fingerprint density at radius 1 is 1.00 bits per heavy atom. The minimum absolute atomic E-state index is 0.0164. The van der Waals surface area contributed by atoms with E-state index in [4.69, 9.17) is 0 Å². The van der Waals surface area contributed by atoms with Crippen LogP contribution in [-0.2, 0) is 22.3 Å². The maximum absolute atomic E-state index is 12.7. The first-order valence-electron chi connectivity index (χ1n) is 9.39. The molecule has 0 heterocycles. The van der Waals surface area contributed by atoms with Crippen LogP contribution in [0, 0.1) is 5.92 Å². The third-order valence-corrected chi connectivity index (χ3v) is 4.80. The summed E-state index contributed by atoms with van der Waals surface area (Å²) >= 11 is 0. The number of benzene rings is 2. The highest BCUT2D eigenvalue weighted by Crippen LogP contribution is 2.30. The number of alkyl halides is 3. The van der Waals surface area contributed by atoms with Crippen LogP contribution in [0.4, 0.5) is 24.5 Å². The van der Waals surface area contributed by atoms with Gasteiger partial charge in [0.15, 0.2) is 0 Å². The summed E-state index contributed by atoms with van der Waals surface area (Å²) in [5.74, 6) is -0.255. The average Bonchev–Trinajstić information content (AvgIpc) is 2.63. The molecule has 8 heteroatoms. The van der Waals surface area contributed by atoms with E-state index in [2.05, 4.69) is 16.0 Å². The Balaban J connectivity index is 1.47. The van der Waals surface area contributed by atoms with E-state index in [1.807, 2.05) is 6.07 Å². The third-order valence-electron chi connectivity index (χ3n) is 4.80. The van der Waals surface area contributed by atoms with E-state index in [-0.39, 0.29) is 36.5 Å². The van der Waals surface area contributed by atoms with Gasteiger partial charge in [-0.3, -0.25) is 9.59 Å². The molecule has 0 spiro atoms. The highest BCUT2D eigenvalue weighted by molar-refractivity contribution is 5.93. The Morgan fingerprint density at radius 2 is 1.72 bits per heavy atom. The summed E-state index contributed by atoms with van der Waals surface area (Å²) in [6.07, 6.45) is -1.52. The number of halogens is 3. The number of hydrogen-bond acceptors (Lipinski definition) is 3. The van der Waals surface area contributed by atoms with Gasteiger partial charge in [0.2, 0.25) is 11.8 Å². The van der Waals surface area contributed by atoms with Crippen LogP contribution in [0.5, 0.6) is 0 Å². The Kier molecular flexibility index (Phi) is 6.41. The molecule has 0 aromatic heterocycles. The van der Waals surface area contributed by atoms with Crippen molar-refractivity contribution in [3.8, 4) is 0 Å². The third kappa shape index (κ3) is 5.97. The molecule has 2 aromatic carbocycles. The van der Waals surface area contributed by atoms with E-state index in [1.54, 1.807) is 18.2 Å². The molecule has 1 saturated carbocycles. The lowest BCUT2D eigenvalue weighted by molar-refractivity contribution is -0.137. The molecule has 0 saturated heterocycles. The van der Waals surface area contributed by atoms with Gasteiger partial charge < -0.3 is 16.0 Å². The second-order valence-electron chi connectivity index (χ2n) is 7.03. The first-order valence-corrected chi connectivity index (χ1v) is 9.39. The molecule has 2 aromatic rings. The number of rotatable bonds is 7. The van der Waals surface area contributed by atoms with Crippen LogP contribution in [0.3, 0.4) is 0 Å². The van der Waals surface area contributed by atoms with Gasteiger partial charge in [-0.05, 0) is 48.7 Å². The Hall–Kier alpha value is -3.03. The summed E-state index contributed by atoms with van der Waals surface area (Å²) in [4.78, 5) is 24.0. The van der Waals surface area contributed by atoms with Gasteiger partial charge in [-0.1, -0.05) is 24.6 Å². The van der Waals surface area contributed by atoms with Gasteiger partial charge in [-0.25, -0.2) is 0 Å². The second kappa shape index (κ2) is 8.98. The molecular formula is C21H22F3N3O2. The molecule has 3 N–H and O–H groups in total. The van der Waals surface area contributed by atoms with E-state index in [1.165, 1.54) is 12.1 Å².